The molecule has 0 bridgehead atoms. The van der Waals surface area contributed by atoms with Crippen LogP contribution in [0.3, 0.4) is 0 Å². The molecule has 108 valence electrons. The van der Waals surface area contributed by atoms with E-state index in [9.17, 15) is 0 Å². The highest BCUT2D eigenvalue weighted by Crippen LogP contribution is 2.39. The fourth-order valence-corrected chi connectivity index (χ4v) is 4.33. The molecule has 3 nitrogen and oxygen atoms in total. The largest absolute Gasteiger partial charge is 0.307 e. The number of hydrogen-bond acceptors (Lipinski definition) is 3. The van der Waals surface area contributed by atoms with E-state index in [0.717, 1.165) is 17.0 Å². The van der Waals surface area contributed by atoms with Crippen molar-refractivity contribution in [2.45, 2.75) is 49.3 Å². The molecule has 5 heteroatoms. The maximum absolute atomic E-state index is 6.37. The predicted octanol–water partition coefficient (Wildman–Crippen LogP) is 4.58. The monoisotopic (exact) mass is 309 g/mol. The molecule has 1 aliphatic carbocycles. The number of alkyl halides is 1. The molecule has 20 heavy (non-hydrogen) atoms. The van der Waals surface area contributed by atoms with Crippen molar-refractivity contribution in [1.82, 2.24) is 14.5 Å². The lowest BCUT2D eigenvalue weighted by molar-refractivity contribution is 0.362. The summed E-state index contributed by atoms with van der Waals surface area (Å²) in [6, 6.07) is 4.43. The first-order valence-electron chi connectivity index (χ1n) is 7.22. The third-order valence-corrected chi connectivity index (χ3v) is 5.48. The van der Waals surface area contributed by atoms with Crippen LogP contribution in [0.15, 0.2) is 18.3 Å². The quantitative estimate of drug-likeness (QED) is 0.778. The van der Waals surface area contributed by atoms with Crippen molar-refractivity contribution in [3.63, 3.8) is 0 Å². The van der Waals surface area contributed by atoms with Crippen LogP contribution in [-0.4, -0.2) is 26.0 Å². The second kappa shape index (κ2) is 5.94. The van der Waals surface area contributed by atoms with Crippen molar-refractivity contribution in [1.29, 1.82) is 0 Å². The van der Waals surface area contributed by atoms with E-state index in [-0.39, 0.29) is 5.38 Å². The van der Waals surface area contributed by atoms with Gasteiger partial charge in [0.15, 0.2) is 5.65 Å². The SMILES string of the molecule is CSC1CCCCC1n1c(C(C)Cl)nc2cccnc21. The fraction of sp³-hybridized carbons (Fsp3) is 0.600. The van der Waals surface area contributed by atoms with E-state index in [1.165, 1.54) is 25.7 Å². The van der Waals surface area contributed by atoms with Gasteiger partial charge in [-0.15, -0.1) is 11.6 Å². The average molecular weight is 310 g/mol. The molecule has 3 unspecified atom stereocenters. The number of aromatic nitrogens is 3. The first-order valence-corrected chi connectivity index (χ1v) is 8.94. The molecule has 0 spiro atoms. The molecule has 3 atom stereocenters. The van der Waals surface area contributed by atoms with Gasteiger partial charge in [0.1, 0.15) is 11.3 Å². The van der Waals surface area contributed by atoms with Crippen molar-refractivity contribution in [3.05, 3.63) is 24.2 Å². The van der Waals surface area contributed by atoms with Crippen LogP contribution in [0.1, 0.15) is 49.9 Å². The molecular weight excluding hydrogens is 290 g/mol. The zero-order valence-corrected chi connectivity index (χ0v) is 13.5. The number of halogens is 1. The Labute approximate surface area is 129 Å². The highest BCUT2D eigenvalue weighted by Gasteiger charge is 2.30. The van der Waals surface area contributed by atoms with E-state index in [2.05, 4.69) is 15.8 Å². The first kappa shape index (κ1) is 14.2. The lowest BCUT2D eigenvalue weighted by atomic mass is 9.94. The van der Waals surface area contributed by atoms with Gasteiger partial charge < -0.3 is 4.57 Å². The Kier molecular flexibility index (Phi) is 4.22. The van der Waals surface area contributed by atoms with Crippen molar-refractivity contribution >= 4 is 34.5 Å². The second-order valence-electron chi connectivity index (χ2n) is 5.43. The van der Waals surface area contributed by atoms with Crippen LogP contribution in [0.4, 0.5) is 0 Å². The number of fused-ring (bicyclic) bond motifs is 1. The van der Waals surface area contributed by atoms with Crippen LogP contribution in [-0.2, 0) is 0 Å². The smallest absolute Gasteiger partial charge is 0.160 e. The summed E-state index contributed by atoms with van der Waals surface area (Å²) in [4.78, 5) is 9.28. The average Bonchev–Trinajstić information content (AvgIpc) is 2.86. The third-order valence-electron chi connectivity index (χ3n) is 4.13. The van der Waals surface area contributed by atoms with E-state index < -0.39 is 0 Å². The number of pyridine rings is 1. The molecule has 2 aromatic heterocycles. The first-order chi connectivity index (χ1) is 9.72. The molecule has 1 saturated carbocycles. The van der Waals surface area contributed by atoms with Gasteiger partial charge in [-0.2, -0.15) is 11.8 Å². The predicted molar refractivity (Wildman–Crippen MR) is 86.6 cm³/mol. The lowest BCUT2D eigenvalue weighted by Gasteiger charge is -2.32. The van der Waals surface area contributed by atoms with Gasteiger partial charge >= 0.3 is 0 Å². The topological polar surface area (TPSA) is 30.7 Å². The number of nitrogens with zero attached hydrogens (tertiary/aromatic N) is 3. The van der Waals surface area contributed by atoms with Crippen molar-refractivity contribution in [2.75, 3.05) is 6.26 Å². The van der Waals surface area contributed by atoms with E-state index in [1.54, 1.807) is 0 Å². The van der Waals surface area contributed by atoms with Gasteiger partial charge in [-0.05, 0) is 38.2 Å². The summed E-state index contributed by atoms with van der Waals surface area (Å²) in [6.45, 7) is 2.00. The molecule has 3 rings (SSSR count). The van der Waals surface area contributed by atoms with Crippen LogP contribution >= 0.6 is 23.4 Å². The van der Waals surface area contributed by atoms with Gasteiger partial charge in [0.2, 0.25) is 0 Å². The molecule has 0 aromatic carbocycles. The summed E-state index contributed by atoms with van der Waals surface area (Å²) < 4.78 is 2.31. The minimum absolute atomic E-state index is 0.0892. The zero-order valence-electron chi connectivity index (χ0n) is 11.9. The summed E-state index contributed by atoms with van der Waals surface area (Å²) in [7, 11) is 0. The number of imidazole rings is 1. The molecule has 0 radical (unpaired) electrons. The Morgan fingerprint density at radius 2 is 2.20 bits per heavy atom. The summed E-state index contributed by atoms with van der Waals surface area (Å²) in [6.07, 6.45) is 9.14. The fourth-order valence-electron chi connectivity index (χ4n) is 3.20. The van der Waals surface area contributed by atoms with Crippen LogP contribution < -0.4 is 0 Å². The Hall–Kier alpha value is -0.740. The lowest BCUT2D eigenvalue weighted by Crippen LogP contribution is -2.27. The Balaban J connectivity index is 2.14. The molecule has 0 aliphatic heterocycles. The number of hydrogen-bond donors (Lipinski definition) is 0. The minimum Gasteiger partial charge on any atom is -0.307 e. The van der Waals surface area contributed by atoms with E-state index in [1.807, 2.05) is 37.0 Å². The van der Waals surface area contributed by atoms with Gasteiger partial charge in [0.05, 0.1) is 5.38 Å². The van der Waals surface area contributed by atoms with Crippen LogP contribution in [0, 0.1) is 0 Å². The highest BCUT2D eigenvalue weighted by molar-refractivity contribution is 7.99. The molecule has 2 heterocycles. The second-order valence-corrected chi connectivity index (χ2v) is 7.16. The molecule has 2 aromatic rings. The summed E-state index contributed by atoms with van der Waals surface area (Å²) in [5, 5.41) is 0.547. The Morgan fingerprint density at radius 1 is 1.40 bits per heavy atom. The van der Waals surface area contributed by atoms with Gasteiger partial charge in [0, 0.05) is 17.5 Å². The molecule has 0 N–H and O–H groups in total. The van der Waals surface area contributed by atoms with Gasteiger partial charge in [-0.1, -0.05) is 12.8 Å². The normalized spacial score (nSPS) is 24.9. The van der Waals surface area contributed by atoms with Crippen LogP contribution in [0.5, 0.6) is 0 Å². The molecule has 0 saturated heterocycles. The summed E-state index contributed by atoms with van der Waals surface area (Å²) >= 11 is 8.33. The third kappa shape index (κ3) is 2.44. The van der Waals surface area contributed by atoms with Gasteiger partial charge in [0.25, 0.3) is 0 Å². The number of thioether (sulfide) groups is 1. The zero-order chi connectivity index (χ0) is 14.1. The van der Waals surface area contributed by atoms with Gasteiger partial charge in [-0.25, -0.2) is 9.97 Å². The standard InChI is InChI=1S/C15H20ClN3S/c1-10(16)14-18-11-6-5-9-17-15(11)19(14)12-7-3-4-8-13(12)20-2/h5-6,9-10,12-13H,3-4,7-8H2,1-2H3. The van der Waals surface area contributed by atoms with E-state index >= 15 is 0 Å². The molecule has 1 aliphatic rings. The van der Waals surface area contributed by atoms with Crippen molar-refractivity contribution in [3.8, 4) is 0 Å². The maximum atomic E-state index is 6.37. The van der Waals surface area contributed by atoms with Crippen LogP contribution in [0.25, 0.3) is 11.2 Å². The summed E-state index contributed by atoms with van der Waals surface area (Å²) in [5.74, 6) is 0.964. The molecule has 1 fully saturated rings. The maximum Gasteiger partial charge on any atom is 0.160 e. The van der Waals surface area contributed by atoms with Crippen LogP contribution in [0.2, 0.25) is 0 Å². The van der Waals surface area contributed by atoms with E-state index in [0.29, 0.717) is 11.3 Å². The minimum atomic E-state index is -0.0892. The molecule has 0 amide bonds. The van der Waals surface area contributed by atoms with Gasteiger partial charge in [-0.3, -0.25) is 0 Å². The number of rotatable bonds is 3. The van der Waals surface area contributed by atoms with Crippen molar-refractivity contribution in [2.24, 2.45) is 0 Å². The molecular formula is C15H20ClN3S. The highest BCUT2D eigenvalue weighted by atomic mass is 35.5. The summed E-state index contributed by atoms with van der Waals surface area (Å²) in [5.41, 5.74) is 1.95. The Morgan fingerprint density at radius 3 is 2.95 bits per heavy atom. The van der Waals surface area contributed by atoms with E-state index in [4.69, 9.17) is 16.6 Å². The Bertz CT molecular complexity index is 596. The van der Waals surface area contributed by atoms with Crippen molar-refractivity contribution < 1.29 is 0 Å².